The summed E-state index contributed by atoms with van der Waals surface area (Å²) in [7, 11) is 0. The predicted molar refractivity (Wildman–Crippen MR) is 82.9 cm³/mol. The van der Waals surface area contributed by atoms with Gasteiger partial charge in [-0.3, -0.25) is 4.90 Å². The molecule has 1 N–H and O–H groups in total. The minimum atomic E-state index is 0.376. The van der Waals surface area contributed by atoms with Crippen LogP contribution in [0.4, 0.5) is 0 Å². The number of nitrogens with one attached hydrogen (secondary N) is 1. The second kappa shape index (κ2) is 6.87. The van der Waals surface area contributed by atoms with E-state index in [1.807, 2.05) is 6.20 Å². The zero-order valence-corrected chi connectivity index (χ0v) is 12.6. The van der Waals surface area contributed by atoms with Gasteiger partial charge < -0.3 is 9.72 Å². The lowest BCUT2D eigenvalue weighted by atomic mass is 10.0. The van der Waals surface area contributed by atoms with Crippen LogP contribution in [-0.4, -0.2) is 34.1 Å². The highest BCUT2D eigenvalue weighted by molar-refractivity contribution is 5.25. The molecule has 1 aliphatic rings. The lowest BCUT2D eigenvalue weighted by Crippen LogP contribution is -2.36. The van der Waals surface area contributed by atoms with E-state index < -0.39 is 0 Å². The normalized spacial score (nSPS) is 17.2. The van der Waals surface area contributed by atoms with Crippen LogP contribution in [0, 0.1) is 6.92 Å². The van der Waals surface area contributed by atoms with E-state index in [-0.39, 0.29) is 0 Å². The molecule has 2 aromatic rings. The second-order valence-corrected chi connectivity index (χ2v) is 5.79. The molecular weight excluding hydrogens is 262 g/mol. The smallest absolute Gasteiger partial charge is 0.0922 e. The first kappa shape index (κ1) is 14.3. The molecule has 0 radical (unpaired) electrons. The Bertz CT molecular complexity index is 545. The molecule has 0 spiro atoms. The number of aromatic amines is 1. The maximum absolute atomic E-state index is 5.95. The van der Waals surface area contributed by atoms with Crippen molar-refractivity contribution in [2.75, 3.05) is 13.1 Å². The molecular formula is C17H23N3O. The van der Waals surface area contributed by atoms with Crippen molar-refractivity contribution >= 4 is 0 Å². The van der Waals surface area contributed by atoms with Gasteiger partial charge in [-0.25, -0.2) is 4.98 Å². The molecule has 1 fully saturated rings. The van der Waals surface area contributed by atoms with Gasteiger partial charge in [0.1, 0.15) is 0 Å². The van der Waals surface area contributed by atoms with E-state index >= 15 is 0 Å². The summed E-state index contributed by atoms with van der Waals surface area (Å²) >= 11 is 0. The third-order valence-corrected chi connectivity index (χ3v) is 4.22. The monoisotopic (exact) mass is 285 g/mol. The van der Waals surface area contributed by atoms with Gasteiger partial charge in [0, 0.05) is 19.6 Å². The third-order valence-electron chi connectivity index (χ3n) is 4.22. The SMILES string of the molecule is Cc1ccccc1CN1CCC(OCc2cnc[nH]2)CC1. The molecule has 0 saturated carbocycles. The van der Waals surface area contributed by atoms with E-state index in [9.17, 15) is 0 Å². The molecule has 4 heteroatoms. The molecule has 0 unspecified atom stereocenters. The Hall–Kier alpha value is -1.65. The van der Waals surface area contributed by atoms with Crippen molar-refractivity contribution in [3.63, 3.8) is 0 Å². The number of imidazole rings is 1. The van der Waals surface area contributed by atoms with Crippen LogP contribution in [-0.2, 0) is 17.9 Å². The van der Waals surface area contributed by atoms with Crippen molar-refractivity contribution in [2.24, 2.45) is 0 Å². The standard InChI is InChI=1S/C17H23N3O/c1-14-4-2-3-5-15(14)11-20-8-6-17(7-9-20)21-12-16-10-18-13-19-16/h2-5,10,13,17H,6-9,11-12H2,1H3,(H,18,19). The Balaban J connectivity index is 1.44. The number of ether oxygens (including phenoxy) is 1. The van der Waals surface area contributed by atoms with Gasteiger partial charge in [0.2, 0.25) is 0 Å². The number of hydrogen-bond acceptors (Lipinski definition) is 3. The number of likely N-dealkylation sites (tertiary alicyclic amines) is 1. The molecule has 3 rings (SSSR count). The third kappa shape index (κ3) is 3.93. The molecule has 1 aromatic heterocycles. The van der Waals surface area contributed by atoms with E-state index in [4.69, 9.17) is 4.74 Å². The number of rotatable bonds is 5. The summed E-state index contributed by atoms with van der Waals surface area (Å²) < 4.78 is 5.95. The Morgan fingerprint density at radius 2 is 2.10 bits per heavy atom. The fourth-order valence-electron chi connectivity index (χ4n) is 2.83. The number of hydrogen-bond donors (Lipinski definition) is 1. The Morgan fingerprint density at radius 3 is 2.81 bits per heavy atom. The number of piperidine rings is 1. The molecule has 1 aromatic carbocycles. The average molecular weight is 285 g/mol. The number of aryl methyl sites for hydroxylation is 1. The van der Waals surface area contributed by atoms with Crippen molar-refractivity contribution < 1.29 is 4.74 Å². The van der Waals surface area contributed by atoms with Crippen LogP contribution in [0.15, 0.2) is 36.8 Å². The molecule has 112 valence electrons. The topological polar surface area (TPSA) is 41.1 Å². The summed E-state index contributed by atoms with van der Waals surface area (Å²) in [5.74, 6) is 0. The molecule has 1 saturated heterocycles. The molecule has 0 aliphatic carbocycles. The number of nitrogens with zero attached hydrogens (tertiary/aromatic N) is 2. The highest BCUT2D eigenvalue weighted by Gasteiger charge is 2.20. The van der Waals surface area contributed by atoms with Crippen molar-refractivity contribution in [1.29, 1.82) is 0 Å². The van der Waals surface area contributed by atoms with Crippen molar-refractivity contribution in [3.05, 3.63) is 53.6 Å². The van der Waals surface area contributed by atoms with Crippen LogP contribution in [0.2, 0.25) is 0 Å². The zero-order valence-electron chi connectivity index (χ0n) is 12.6. The maximum Gasteiger partial charge on any atom is 0.0922 e. The molecule has 21 heavy (non-hydrogen) atoms. The first-order valence-corrected chi connectivity index (χ1v) is 7.67. The van der Waals surface area contributed by atoms with Crippen LogP contribution in [0.1, 0.15) is 29.7 Å². The summed E-state index contributed by atoms with van der Waals surface area (Å²) in [6.45, 7) is 6.11. The molecule has 2 heterocycles. The van der Waals surface area contributed by atoms with Gasteiger partial charge in [0.25, 0.3) is 0 Å². The fourth-order valence-corrected chi connectivity index (χ4v) is 2.83. The number of benzene rings is 1. The van der Waals surface area contributed by atoms with Gasteiger partial charge in [-0.2, -0.15) is 0 Å². The fraction of sp³-hybridized carbons (Fsp3) is 0.471. The van der Waals surface area contributed by atoms with Gasteiger partial charge in [-0.05, 0) is 30.9 Å². The largest absolute Gasteiger partial charge is 0.372 e. The molecule has 0 bridgehead atoms. The van der Waals surface area contributed by atoms with Gasteiger partial charge in [0.15, 0.2) is 0 Å². The molecule has 0 atom stereocenters. The van der Waals surface area contributed by atoms with E-state index in [2.05, 4.69) is 46.1 Å². The van der Waals surface area contributed by atoms with Crippen LogP contribution in [0.25, 0.3) is 0 Å². The van der Waals surface area contributed by atoms with E-state index in [1.54, 1.807) is 6.33 Å². The second-order valence-electron chi connectivity index (χ2n) is 5.79. The van der Waals surface area contributed by atoms with Gasteiger partial charge >= 0.3 is 0 Å². The van der Waals surface area contributed by atoms with Crippen LogP contribution >= 0.6 is 0 Å². The van der Waals surface area contributed by atoms with Crippen LogP contribution in [0.5, 0.6) is 0 Å². The van der Waals surface area contributed by atoms with Crippen LogP contribution in [0.3, 0.4) is 0 Å². The lowest BCUT2D eigenvalue weighted by molar-refractivity contribution is -0.00513. The Morgan fingerprint density at radius 1 is 1.29 bits per heavy atom. The Labute approximate surface area is 126 Å². The van der Waals surface area contributed by atoms with E-state index in [0.717, 1.165) is 38.2 Å². The molecule has 4 nitrogen and oxygen atoms in total. The number of aromatic nitrogens is 2. The van der Waals surface area contributed by atoms with E-state index in [0.29, 0.717) is 12.7 Å². The predicted octanol–water partition coefficient (Wildman–Crippen LogP) is 2.90. The first-order chi connectivity index (χ1) is 10.3. The average Bonchev–Trinajstić information content (AvgIpc) is 3.02. The van der Waals surface area contributed by atoms with Crippen LogP contribution < -0.4 is 0 Å². The number of H-pyrrole nitrogens is 1. The lowest BCUT2D eigenvalue weighted by Gasteiger charge is -2.32. The van der Waals surface area contributed by atoms with Gasteiger partial charge in [0.05, 0.1) is 30.9 Å². The maximum atomic E-state index is 5.95. The van der Waals surface area contributed by atoms with Crippen molar-refractivity contribution in [2.45, 2.75) is 39.0 Å². The highest BCUT2D eigenvalue weighted by Crippen LogP contribution is 2.18. The Kier molecular flexibility index (Phi) is 4.68. The van der Waals surface area contributed by atoms with Gasteiger partial charge in [-0.1, -0.05) is 24.3 Å². The zero-order chi connectivity index (χ0) is 14.5. The first-order valence-electron chi connectivity index (χ1n) is 7.67. The van der Waals surface area contributed by atoms with Gasteiger partial charge in [-0.15, -0.1) is 0 Å². The minimum absolute atomic E-state index is 0.376. The summed E-state index contributed by atoms with van der Waals surface area (Å²) in [5, 5.41) is 0. The summed E-state index contributed by atoms with van der Waals surface area (Å²) in [5.41, 5.74) is 3.88. The van der Waals surface area contributed by atoms with Crippen molar-refractivity contribution in [1.82, 2.24) is 14.9 Å². The van der Waals surface area contributed by atoms with E-state index in [1.165, 1.54) is 11.1 Å². The summed E-state index contributed by atoms with van der Waals surface area (Å²) in [4.78, 5) is 9.61. The minimum Gasteiger partial charge on any atom is -0.372 e. The molecule has 1 aliphatic heterocycles. The summed E-state index contributed by atoms with van der Waals surface area (Å²) in [6.07, 6.45) is 6.12. The highest BCUT2D eigenvalue weighted by atomic mass is 16.5. The molecule has 0 amide bonds. The van der Waals surface area contributed by atoms with Crippen molar-refractivity contribution in [3.8, 4) is 0 Å². The summed E-state index contributed by atoms with van der Waals surface area (Å²) in [6, 6.07) is 8.66. The quantitative estimate of drug-likeness (QED) is 0.918.